The summed E-state index contributed by atoms with van der Waals surface area (Å²) < 4.78 is 0. The van der Waals surface area contributed by atoms with Gasteiger partial charge in [0.25, 0.3) is 0 Å². The number of β-amino-alcohol motifs (C(OH)–C–C–N with tert-alkyl or cyclic N) is 1. The zero-order valence-corrected chi connectivity index (χ0v) is 19.7. The first-order chi connectivity index (χ1) is 15.7. The summed E-state index contributed by atoms with van der Waals surface area (Å²) in [6.07, 6.45) is 1.22. The highest BCUT2D eigenvalue weighted by Crippen LogP contribution is 2.20. The lowest BCUT2D eigenvalue weighted by Gasteiger charge is -2.28. The van der Waals surface area contributed by atoms with Crippen LogP contribution in [0.1, 0.15) is 48.9 Å². The molecule has 0 aliphatic carbocycles. The third kappa shape index (κ3) is 6.98. The van der Waals surface area contributed by atoms with E-state index in [1.165, 1.54) is 6.07 Å². The highest BCUT2D eigenvalue weighted by molar-refractivity contribution is 5.79. The number of carbonyl (C=O) groups excluding carboxylic acids is 1. The number of aliphatic hydroxyl groups is 2. The van der Waals surface area contributed by atoms with E-state index in [9.17, 15) is 20.1 Å². The molecule has 8 heteroatoms. The summed E-state index contributed by atoms with van der Waals surface area (Å²) >= 11 is 0. The molecule has 33 heavy (non-hydrogen) atoms. The summed E-state index contributed by atoms with van der Waals surface area (Å²) in [5.74, 6) is 0.0382. The van der Waals surface area contributed by atoms with Crippen LogP contribution >= 0.6 is 0 Å². The van der Waals surface area contributed by atoms with Gasteiger partial charge in [-0.25, -0.2) is 4.98 Å². The lowest BCUT2D eigenvalue weighted by Crippen LogP contribution is -2.43. The molecule has 0 radical (unpaired) electrons. The van der Waals surface area contributed by atoms with Gasteiger partial charge >= 0.3 is 0 Å². The Morgan fingerprint density at radius 1 is 1.30 bits per heavy atom. The van der Waals surface area contributed by atoms with Crippen LogP contribution in [-0.4, -0.2) is 69.4 Å². The van der Waals surface area contributed by atoms with Gasteiger partial charge in [-0.05, 0) is 56.5 Å². The maximum atomic E-state index is 12.7. The van der Waals surface area contributed by atoms with E-state index in [4.69, 9.17) is 0 Å². The Morgan fingerprint density at radius 3 is 2.76 bits per heavy atom. The van der Waals surface area contributed by atoms with E-state index in [2.05, 4.69) is 35.5 Å². The molecular weight excluding hydrogens is 420 g/mol. The van der Waals surface area contributed by atoms with E-state index in [-0.39, 0.29) is 35.5 Å². The van der Waals surface area contributed by atoms with Crippen molar-refractivity contribution in [3.8, 4) is 5.75 Å². The van der Waals surface area contributed by atoms with Gasteiger partial charge in [0.05, 0.1) is 18.7 Å². The van der Waals surface area contributed by atoms with Crippen molar-refractivity contribution >= 4 is 5.91 Å². The Morgan fingerprint density at radius 2 is 2.06 bits per heavy atom. The summed E-state index contributed by atoms with van der Waals surface area (Å²) in [4.78, 5) is 18.7. The van der Waals surface area contributed by atoms with Gasteiger partial charge in [0.1, 0.15) is 17.5 Å². The number of benzene rings is 1. The average Bonchev–Trinajstić information content (AvgIpc) is 3.32. The van der Waals surface area contributed by atoms with Crippen LogP contribution in [0.5, 0.6) is 5.75 Å². The van der Waals surface area contributed by atoms with E-state index < -0.39 is 12.7 Å². The smallest absolute Gasteiger partial charge is 0.227 e. The summed E-state index contributed by atoms with van der Waals surface area (Å²) in [5, 5.41) is 36.1. The number of amides is 1. The fourth-order valence-electron chi connectivity index (χ4n) is 4.19. The van der Waals surface area contributed by atoms with Crippen LogP contribution < -0.4 is 10.6 Å². The minimum absolute atomic E-state index is 0.0915. The summed E-state index contributed by atoms with van der Waals surface area (Å²) in [6.45, 7) is 5.81. The molecule has 2 aromatic rings. The van der Waals surface area contributed by atoms with E-state index in [1.807, 2.05) is 30.1 Å². The molecular formula is C25H36N4O4. The van der Waals surface area contributed by atoms with Crippen molar-refractivity contribution in [1.29, 1.82) is 0 Å². The van der Waals surface area contributed by atoms with E-state index in [1.54, 1.807) is 6.07 Å². The molecule has 8 nitrogen and oxygen atoms in total. The van der Waals surface area contributed by atoms with Crippen molar-refractivity contribution in [3.05, 3.63) is 58.9 Å². The predicted octanol–water partition coefficient (Wildman–Crippen LogP) is 1.29. The first-order valence-corrected chi connectivity index (χ1v) is 11.5. The standard InChI is InChI=1S/C25H36N4O4/c1-25(2,27-15-23(32)20-7-8-22(31)21(16-30)28-20)13-18-6-4-5-17(11-18)12-24(33)29(3)19-9-10-26-14-19/h4-8,11,19,23,26-27,30-32H,9-10,12-16H2,1-3H3. The minimum Gasteiger partial charge on any atom is -0.506 e. The molecule has 1 amide bonds. The van der Waals surface area contributed by atoms with E-state index >= 15 is 0 Å². The van der Waals surface area contributed by atoms with Crippen molar-refractivity contribution in [2.45, 2.75) is 57.4 Å². The van der Waals surface area contributed by atoms with Crippen LogP contribution in [0.2, 0.25) is 0 Å². The van der Waals surface area contributed by atoms with Crippen LogP contribution in [0.4, 0.5) is 0 Å². The number of nitrogens with zero attached hydrogens (tertiary/aromatic N) is 2. The molecule has 5 N–H and O–H groups in total. The Bertz CT molecular complexity index is 944. The van der Waals surface area contributed by atoms with Crippen molar-refractivity contribution in [2.24, 2.45) is 0 Å². The molecule has 0 spiro atoms. The van der Waals surface area contributed by atoms with Gasteiger partial charge < -0.3 is 30.9 Å². The lowest BCUT2D eigenvalue weighted by atomic mass is 9.93. The SMILES string of the molecule is CN(C(=O)Cc1cccc(CC(C)(C)NCC(O)c2ccc(O)c(CO)n2)c1)C1CCNC1. The first-order valence-electron chi connectivity index (χ1n) is 11.5. The molecule has 2 heterocycles. The summed E-state index contributed by atoms with van der Waals surface area (Å²) in [5.41, 5.74) is 2.33. The fourth-order valence-corrected chi connectivity index (χ4v) is 4.19. The van der Waals surface area contributed by atoms with E-state index in [0.29, 0.717) is 12.1 Å². The van der Waals surface area contributed by atoms with Crippen LogP contribution in [0.25, 0.3) is 0 Å². The second-order valence-electron chi connectivity index (χ2n) is 9.47. The highest BCUT2D eigenvalue weighted by Gasteiger charge is 2.24. The van der Waals surface area contributed by atoms with Crippen LogP contribution in [0.3, 0.4) is 0 Å². The van der Waals surface area contributed by atoms with Gasteiger partial charge in [-0.2, -0.15) is 0 Å². The van der Waals surface area contributed by atoms with Gasteiger partial charge in [0, 0.05) is 31.7 Å². The molecule has 0 saturated carbocycles. The number of nitrogens with one attached hydrogen (secondary N) is 2. The molecule has 3 rings (SSSR count). The maximum absolute atomic E-state index is 12.7. The fraction of sp³-hybridized carbons (Fsp3) is 0.520. The number of hydrogen-bond donors (Lipinski definition) is 5. The Balaban J connectivity index is 1.56. The van der Waals surface area contributed by atoms with Crippen LogP contribution in [0, 0.1) is 0 Å². The molecule has 2 unspecified atom stereocenters. The van der Waals surface area contributed by atoms with Crippen molar-refractivity contribution in [3.63, 3.8) is 0 Å². The molecule has 0 bridgehead atoms. The normalized spacial score (nSPS) is 17.2. The van der Waals surface area contributed by atoms with Gasteiger partial charge in [0.2, 0.25) is 5.91 Å². The molecule has 1 saturated heterocycles. The zero-order chi connectivity index (χ0) is 24.0. The lowest BCUT2D eigenvalue weighted by molar-refractivity contribution is -0.130. The molecule has 1 aromatic carbocycles. The Labute approximate surface area is 195 Å². The van der Waals surface area contributed by atoms with Gasteiger partial charge in [-0.1, -0.05) is 24.3 Å². The summed E-state index contributed by atoms with van der Waals surface area (Å²) in [7, 11) is 1.88. The maximum Gasteiger partial charge on any atom is 0.227 e. The van der Waals surface area contributed by atoms with Crippen molar-refractivity contribution < 1.29 is 20.1 Å². The third-order valence-corrected chi connectivity index (χ3v) is 6.21. The number of aromatic nitrogens is 1. The molecule has 2 atom stereocenters. The Kier molecular flexibility index (Phi) is 8.42. The number of aromatic hydroxyl groups is 1. The molecule has 1 fully saturated rings. The predicted molar refractivity (Wildman–Crippen MR) is 127 cm³/mol. The largest absolute Gasteiger partial charge is 0.506 e. The van der Waals surface area contributed by atoms with Crippen LogP contribution in [0.15, 0.2) is 36.4 Å². The molecule has 1 aromatic heterocycles. The Hall–Kier alpha value is -2.52. The number of pyridine rings is 1. The average molecular weight is 457 g/mol. The van der Waals surface area contributed by atoms with E-state index in [0.717, 1.165) is 37.1 Å². The van der Waals surface area contributed by atoms with Crippen molar-refractivity contribution in [2.75, 3.05) is 26.7 Å². The molecule has 1 aliphatic heterocycles. The zero-order valence-electron chi connectivity index (χ0n) is 19.7. The van der Waals surface area contributed by atoms with Crippen LogP contribution in [-0.2, 0) is 24.2 Å². The van der Waals surface area contributed by atoms with Crippen molar-refractivity contribution in [1.82, 2.24) is 20.5 Å². The quantitative estimate of drug-likeness (QED) is 0.366. The topological polar surface area (TPSA) is 118 Å². The van der Waals surface area contributed by atoms with Gasteiger partial charge in [0.15, 0.2) is 0 Å². The van der Waals surface area contributed by atoms with Gasteiger partial charge in [-0.15, -0.1) is 0 Å². The second kappa shape index (κ2) is 11.1. The number of likely N-dealkylation sites (N-methyl/N-ethyl adjacent to an activating group) is 1. The third-order valence-electron chi connectivity index (χ3n) is 6.21. The first kappa shape index (κ1) is 25.1. The number of hydrogen-bond acceptors (Lipinski definition) is 7. The molecule has 180 valence electrons. The highest BCUT2D eigenvalue weighted by atomic mass is 16.3. The number of carbonyl (C=O) groups is 1. The number of aliphatic hydroxyl groups excluding tert-OH is 2. The summed E-state index contributed by atoms with van der Waals surface area (Å²) in [6, 6.07) is 11.3. The number of rotatable bonds is 10. The van der Waals surface area contributed by atoms with Gasteiger partial charge in [-0.3, -0.25) is 4.79 Å². The minimum atomic E-state index is -0.875. The molecule has 1 aliphatic rings. The second-order valence-corrected chi connectivity index (χ2v) is 9.47. The monoisotopic (exact) mass is 456 g/mol.